The summed E-state index contributed by atoms with van der Waals surface area (Å²) < 4.78 is 6.07. The second-order valence-electron chi connectivity index (χ2n) is 4.32. The molecule has 1 aromatic carbocycles. The molecule has 16 heavy (non-hydrogen) atoms. The molecule has 3 nitrogen and oxygen atoms in total. The third-order valence-electron chi connectivity index (χ3n) is 1.82. The fourth-order valence-electron chi connectivity index (χ4n) is 1.10. The lowest BCUT2D eigenvalue weighted by Gasteiger charge is -2.14. The third-order valence-corrected chi connectivity index (χ3v) is 1.82. The summed E-state index contributed by atoms with van der Waals surface area (Å²) in [6.07, 6.45) is 3.56. The lowest BCUT2D eigenvalue weighted by molar-refractivity contribution is -0.876. The minimum Gasteiger partial charge on any atom is -0.489 e. The van der Waals surface area contributed by atoms with Crippen molar-refractivity contribution in [3.8, 4) is 5.75 Å². The first-order valence-corrected chi connectivity index (χ1v) is 5.23. The standard InChI is InChI=1S/C13H19N2O/c1-5-10-16-13-9-7-6-8-12(13)11-14-15(2,3)4/h5-9,11H,1,10H2,2-4H3/q+1. The molecule has 0 heterocycles. The van der Waals surface area contributed by atoms with Gasteiger partial charge in [-0.3, -0.25) is 0 Å². The molecule has 0 amide bonds. The summed E-state index contributed by atoms with van der Waals surface area (Å²) in [4.78, 5) is 0. The Kier molecular flexibility index (Phi) is 4.26. The highest BCUT2D eigenvalue weighted by Crippen LogP contribution is 2.16. The Morgan fingerprint density at radius 3 is 2.62 bits per heavy atom. The Morgan fingerprint density at radius 2 is 2.00 bits per heavy atom. The fraction of sp³-hybridized carbons (Fsp3) is 0.308. The van der Waals surface area contributed by atoms with Crippen LogP contribution in [0.1, 0.15) is 5.56 Å². The molecule has 0 radical (unpaired) electrons. The SMILES string of the molecule is C=CCOc1ccccc1C=N[N+](C)(C)C. The lowest BCUT2D eigenvalue weighted by atomic mass is 10.2. The van der Waals surface area contributed by atoms with E-state index in [9.17, 15) is 0 Å². The van der Waals surface area contributed by atoms with Crippen LogP contribution in [0.3, 0.4) is 0 Å². The largest absolute Gasteiger partial charge is 0.489 e. The molecule has 0 N–H and O–H groups in total. The van der Waals surface area contributed by atoms with Gasteiger partial charge in [0, 0.05) is 5.56 Å². The number of ether oxygens (including phenoxy) is 1. The zero-order chi connectivity index (χ0) is 12.0. The van der Waals surface area contributed by atoms with Gasteiger partial charge in [-0.1, -0.05) is 29.9 Å². The van der Waals surface area contributed by atoms with Crippen LogP contribution in [0.4, 0.5) is 0 Å². The van der Waals surface area contributed by atoms with E-state index >= 15 is 0 Å². The van der Waals surface area contributed by atoms with E-state index in [4.69, 9.17) is 4.74 Å². The van der Waals surface area contributed by atoms with Gasteiger partial charge in [0.15, 0.2) is 0 Å². The molecule has 0 aliphatic heterocycles. The summed E-state index contributed by atoms with van der Waals surface area (Å²) >= 11 is 0. The highest BCUT2D eigenvalue weighted by Gasteiger charge is 2.04. The Labute approximate surface area is 97.2 Å². The molecule has 0 spiro atoms. The van der Waals surface area contributed by atoms with Crippen molar-refractivity contribution in [2.75, 3.05) is 27.7 Å². The minimum absolute atomic E-state index is 0.509. The van der Waals surface area contributed by atoms with Gasteiger partial charge in [-0.25, -0.2) is 4.59 Å². The number of nitrogens with zero attached hydrogens (tertiary/aromatic N) is 2. The molecule has 0 atom stereocenters. The van der Waals surface area contributed by atoms with Gasteiger partial charge in [-0.2, -0.15) is 0 Å². The molecular weight excluding hydrogens is 200 g/mol. The number of quaternary nitrogens is 1. The van der Waals surface area contributed by atoms with Crippen LogP contribution in [0.25, 0.3) is 0 Å². The highest BCUT2D eigenvalue weighted by molar-refractivity contribution is 5.82. The summed E-state index contributed by atoms with van der Waals surface area (Å²) in [5.41, 5.74) is 0.984. The number of hydrogen-bond donors (Lipinski definition) is 0. The van der Waals surface area contributed by atoms with Crippen molar-refractivity contribution in [3.05, 3.63) is 42.5 Å². The molecule has 1 aromatic rings. The zero-order valence-corrected chi connectivity index (χ0v) is 10.2. The molecule has 0 saturated carbocycles. The van der Waals surface area contributed by atoms with Crippen molar-refractivity contribution in [2.24, 2.45) is 5.10 Å². The van der Waals surface area contributed by atoms with Gasteiger partial charge in [0.2, 0.25) is 0 Å². The molecular formula is C13H19N2O+. The van der Waals surface area contributed by atoms with E-state index in [-0.39, 0.29) is 0 Å². The van der Waals surface area contributed by atoms with Gasteiger partial charge in [0.1, 0.15) is 12.4 Å². The number of rotatable bonds is 5. The van der Waals surface area contributed by atoms with E-state index in [0.29, 0.717) is 11.2 Å². The van der Waals surface area contributed by atoms with Gasteiger partial charge in [-0.05, 0) is 12.1 Å². The first-order valence-electron chi connectivity index (χ1n) is 5.23. The first-order chi connectivity index (χ1) is 7.53. The second-order valence-corrected chi connectivity index (χ2v) is 4.32. The molecule has 3 heteroatoms. The van der Waals surface area contributed by atoms with Crippen LogP contribution in [-0.4, -0.2) is 38.6 Å². The van der Waals surface area contributed by atoms with E-state index in [0.717, 1.165) is 11.3 Å². The van der Waals surface area contributed by atoms with Crippen LogP contribution in [0.5, 0.6) is 5.75 Å². The summed E-state index contributed by atoms with van der Waals surface area (Å²) in [6, 6.07) is 7.83. The van der Waals surface area contributed by atoms with E-state index in [1.54, 1.807) is 6.08 Å². The first kappa shape index (κ1) is 12.5. The molecule has 0 fully saturated rings. The van der Waals surface area contributed by atoms with Crippen molar-refractivity contribution < 1.29 is 9.33 Å². The van der Waals surface area contributed by atoms with Crippen molar-refractivity contribution in [2.45, 2.75) is 0 Å². The lowest BCUT2D eigenvalue weighted by Crippen LogP contribution is -2.27. The molecule has 0 bridgehead atoms. The maximum absolute atomic E-state index is 5.54. The molecule has 0 unspecified atom stereocenters. The van der Waals surface area contributed by atoms with Crippen LogP contribution in [0.15, 0.2) is 42.0 Å². The summed E-state index contributed by atoms with van der Waals surface area (Å²) in [7, 11) is 6.01. The third kappa shape index (κ3) is 4.28. The van der Waals surface area contributed by atoms with E-state index in [1.165, 1.54) is 0 Å². The quantitative estimate of drug-likeness (QED) is 0.322. The maximum atomic E-state index is 5.54. The zero-order valence-electron chi connectivity index (χ0n) is 10.2. The maximum Gasteiger partial charge on any atom is 0.128 e. The number of benzene rings is 1. The average molecular weight is 219 g/mol. The Hall–Kier alpha value is -1.61. The van der Waals surface area contributed by atoms with Gasteiger partial charge < -0.3 is 4.74 Å². The summed E-state index contributed by atoms with van der Waals surface area (Å²) in [5.74, 6) is 0.833. The molecule has 86 valence electrons. The van der Waals surface area contributed by atoms with Gasteiger partial charge in [-0.15, -0.1) is 0 Å². The predicted octanol–water partition coefficient (Wildman–Crippen LogP) is 2.29. The van der Waals surface area contributed by atoms with E-state index in [1.807, 2.05) is 51.6 Å². The molecule has 0 aliphatic rings. The second kappa shape index (κ2) is 5.47. The highest BCUT2D eigenvalue weighted by atomic mass is 16.5. The van der Waals surface area contributed by atoms with Gasteiger partial charge in [0.25, 0.3) is 0 Å². The van der Waals surface area contributed by atoms with Crippen molar-refractivity contribution in [1.29, 1.82) is 0 Å². The Bertz CT molecular complexity index is 378. The van der Waals surface area contributed by atoms with Crippen LogP contribution in [-0.2, 0) is 0 Å². The van der Waals surface area contributed by atoms with Crippen LogP contribution in [0.2, 0.25) is 0 Å². The Balaban J connectivity index is 2.86. The van der Waals surface area contributed by atoms with Crippen molar-refractivity contribution >= 4 is 6.21 Å². The van der Waals surface area contributed by atoms with Crippen molar-refractivity contribution in [1.82, 2.24) is 0 Å². The monoisotopic (exact) mass is 219 g/mol. The number of para-hydroxylation sites is 1. The van der Waals surface area contributed by atoms with Crippen LogP contribution < -0.4 is 4.74 Å². The van der Waals surface area contributed by atoms with Crippen LogP contribution >= 0.6 is 0 Å². The van der Waals surface area contributed by atoms with E-state index in [2.05, 4.69) is 11.7 Å². The van der Waals surface area contributed by atoms with Gasteiger partial charge >= 0.3 is 0 Å². The van der Waals surface area contributed by atoms with Gasteiger partial charge in [0.05, 0.1) is 27.4 Å². The number of hydrogen-bond acceptors (Lipinski definition) is 2. The van der Waals surface area contributed by atoms with E-state index < -0.39 is 0 Å². The smallest absolute Gasteiger partial charge is 0.128 e. The molecule has 1 rings (SSSR count). The topological polar surface area (TPSA) is 21.6 Å². The molecule has 0 saturated heterocycles. The minimum atomic E-state index is 0.509. The normalized spacial score (nSPS) is 11.7. The average Bonchev–Trinajstić information content (AvgIpc) is 2.23. The van der Waals surface area contributed by atoms with Crippen LogP contribution in [0, 0.1) is 0 Å². The summed E-state index contributed by atoms with van der Waals surface area (Å²) in [5, 5.41) is 4.40. The Morgan fingerprint density at radius 1 is 1.31 bits per heavy atom. The fourth-order valence-corrected chi connectivity index (χ4v) is 1.10. The molecule has 0 aromatic heterocycles. The predicted molar refractivity (Wildman–Crippen MR) is 67.8 cm³/mol. The van der Waals surface area contributed by atoms with Crippen molar-refractivity contribution in [3.63, 3.8) is 0 Å². The summed E-state index contributed by atoms with van der Waals surface area (Å²) in [6.45, 7) is 4.14. The molecule has 0 aliphatic carbocycles.